The van der Waals surface area contributed by atoms with Gasteiger partial charge >= 0.3 is 11.9 Å². The number of sulfonamides is 1. The van der Waals surface area contributed by atoms with Crippen molar-refractivity contribution in [2.24, 2.45) is 5.92 Å². The highest BCUT2D eigenvalue weighted by Crippen LogP contribution is 2.29. The number of hydrogen-bond donors (Lipinski definition) is 2. The largest absolute Gasteiger partial charge is 0.481 e. The van der Waals surface area contributed by atoms with E-state index in [1.165, 1.54) is 19.2 Å². The second kappa shape index (κ2) is 7.72. The number of rotatable bonds is 5. The van der Waals surface area contributed by atoms with E-state index in [0.29, 0.717) is 31.2 Å². The number of carboxylic acid groups (broad SMARTS) is 1. The van der Waals surface area contributed by atoms with Gasteiger partial charge in [0.05, 0.1) is 23.5 Å². The highest BCUT2D eigenvalue weighted by molar-refractivity contribution is 7.89. The lowest BCUT2D eigenvalue weighted by atomic mass is 9.87. The summed E-state index contributed by atoms with van der Waals surface area (Å²) in [5, 5.41) is 9.16. The Morgan fingerprint density at radius 3 is 2.36 bits per heavy atom. The van der Waals surface area contributed by atoms with Gasteiger partial charge in [0.1, 0.15) is 0 Å². The average molecular weight is 390 g/mol. The molecule has 1 aliphatic carbocycles. The van der Waals surface area contributed by atoms with Crippen LogP contribution in [0.2, 0.25) is 5.02 Å². The maximum Gasteiger partial charge on any atom is 0.337 e. The molecule has 0 unspecified atom stereocenters. The number of methoxy groups -OCH3 is 1. The number of ether oxygens (including phenoxy) is 1. The van der Waals surface area contributed by atoms with E-state index >= 15 is 0 Å². The molecule has 0 bridgehead atoms. The summed E-state index contributed by atoms with van der Waals surface area (Å²) < 4.78 is 32.6. The van der Waals surface area contributed by atoms with Gasteiger partial charge in [-0.05, 0) is 50.3 Å². The van der Waals surface area contributed by atoms with Crippen molar-refractivity contribution in [2.75, 3.05) is 7.11 Å². The zero-order chi connectivity index (χ0) is 18.8. The summed E-state index contributed by atoms with van der Waals surface area (Å²) in [6.45, 7) is 1.55. The molecular weight excluding hydrogens is 370 g/mol. The Balaban J connectivity index is 2.24. The zero-order valence-corrected chi connectivity index (χ0v) is 15.5. The lowest BCUT2D eigenvalue weighted by Gasteiger charge is -2.27. The number of esters is 1. The first-order valence-electron chi connectivity index (χ1n) is 7.79. The highest BCUT2D eigenvalue weighted by atomic mass is 35.5. The second-order valence-corrected chi connectivity index (χ2v) is 8.17. The number of halogens is 1. The minimum absolute atomic E-state index is 0.0491. The van der Waals surface area contributed by atoms with E-state index in [4.69, 9.17) is 16.7 Å². The van der Waals surface area contributed by atoms with Crippen LogP contribution in [-0.4, -0.2) is 38.6 Å². The van der Waals surface area contributed by atoms with E-state index in [9.17, 15) is 18.0 Å². The van der Waals surface area contributed by atoms with Crippen LogP contribution < -0.4 is 4.72 Å². The molecule has 1 aromatic rings. The zero-order valence-electron chi connectivity index (χ0n) is 13.9. The SMILES string of the molecule is COC(=O)c1cc(Cl)c(C)c(S(=O)(=O)NC2CCC(C(=O)O)CC2)c1. The van der Waals surface area contributed by atoms with Crippen LogP contribution in [0.15, 0.2) is 17.0 Å². The normalized spacial score (nSPS) is 20.9. The van der Waals surface area contributed by atoms with Crippen molar-refractivity contribution in [2.45, 2.75) is 43.5 Å². The quantitative estimate of drug-likeness (QED) is 0.748. The Kier molecular flexibility index (Phi) is 6.08. The number of aliphatic carboxylic acids is 1. The van der Waals surface area contributed by atoms with Crippen LogP contribution in [0.1, 0.15) is 41.6 Å². The van der Waals surface area contributed by atoms with Crippen molar-refractivity contribution < 1.29 is 27.9 Å². The van der Waals surface area contributed by atoms with Crippen LogP contribution in [0.4, 0.5) is 0 Å². The smallest absolute Gasteiger partial charge is 0.337 e. The first-order valence-corrected chi connectivity index (χ1v) is 9.65. The molecule has 9 heteroatoms. The Hall–Kier alpha value is -1.64. The molecule has 1 aromatic carbocycles. The molecule has 0 aliphatic heterocycles. The summed E-state index contributed by atoms with van der Waals surface area (Å²) in [4.78, 5) is 22.6. The molecule has 7 nitrogen and oxygen atoms in total. The molecule has 0 spiro atoms. The predicted octanol–water partition coefficient (Wildman–Crippen LogP) is 2.36. The first kappa shape index (κ1) is 19.7. The molecule has 0 amide bonds. The summed E-state index contributed by atoms with van der Waals surface area (Å²) in [6.07, 6.45) is 1.73. The van der Waals surface area contributed by atoms with Crippen molar-refractivity contribution in [3.8, 4) is 0 Å². The Bertz CT molecular complexity index is 784. The van der Waals surface area contributed by atoms with Crippen molar-refractivity contribution in [1.29, 1.82) is 0 Å². The third-order valence-electron chi connectivity index (χ3n) is 4.41. The number of carbonyl (C=O) groups is 2. The number of hydrogen-bond acceptors (Lipinski definition) is 5. The second-order valence-electron chi connectivity index (χ2n) is 6.08. The summed E-state index contributed by atoms with van der Waals surface area (Å²) >= 11 is 6.06. The van der Waals surface area contributed by atoms with E-state index in [0.717, 1.165) is 0 Å². The molecule has 0 atom stereocenters. The monoisotopic (exact) mass is 389 g/mol. The fraction of sp³-hybridized carbons (Fsp3) is 0.500. The maximum absolute atomic E-state index is 12.7. The molecule has 0 heterocycles. The van der Waals surface area contributed by atoms with Crippen LogP contribution in [0, 0.1) is 12.8 Å². The molecule has 1 aliphatic rings. The summed E-state index contributed by atoms with van der Waals surface area (Å²) in [5.74, 6) is -1.96. The van der Waals surface area contributed by atoms with Crippen LogP contribution >= 0.6 is 11.6 Å². The fourth-order valence-corrected chi connectivity index (χ4v) is 4.78. The Labute approximate surface area is 151 Å². The topological polar surface area (TPSA) is 110 Å². The molecule has 1 saturated carbocycles. The summed E-state index contributed by atoms with van der Waals surface area (Å²) in [7, 11) is -2.71. The molecular formula is C16H20ClNO6S. The van der Waals surface area contributed by atoms with Crippen LogP contribution in [0.25, 0.3) is 0 Å². The van der Waals surface area contributed by atoms with Crippen molar-refractivity contribution >= 4 is 33.6 Å². The minimum Gasteiger partial charge on any atom is -0.481 e. The van der Waals surface area contributed by atoms with Gasteiger partial charge in [-0.1, -0.05) is 11.6 Å². The molecule has 1 fully saturated rings. The van der Waals surface area contributed by atoms with Gasteiger partial charge in [0.25, 0.3) is 0 Å². The number of nitrogens with one attached hydrogen (secondary N) is 1. The van der Waals surface area contributed by atoms with E-state index < -0.39 is 27.9 Å². The maximum atomic E-state index is 12.7. The van der Waals surface area contributed by atoms with Gasteiger partial charge in [0.15, 0.2) is 0 Å². The third-order valence-corrected chi connectivity index (χ3v) is 6.44. The standard InChI is InChI=1S/C16H20ClNO6S/c1-9-13(17)7-11(16(21)24-2)8-14(9)25(22,23)18-12-5-3-10(4-6-12)15(19)20/h7-8,10,12,18H,3-6H2,1-2H3,(H,19,20). The van der Waals surface area contributed by atoms with Crippen LogP contribution in [-0.2, 0) is 19.6 Å². The number of carboxylic acids is 1. The van der Waals surface area contributed by atoms with Gasteiger partial charge in [-0.15, -0.1) is 0 Å². The van der Waals surface area contributed by atoms with Crippen LogP contribution in [0.3, 0.4) is 0 Å². The minimum atomic E-state index is -3.90. The highest BCUT2D eigenvalue weighted by Gasteiger charge is 2.30. The summed E-state index contributed by atoms with van der Waals surface area (Å²) in [5.41, 5.74) is 0.383. The predicted molar refractivity (Wildman–Crippen MR) is 91.2 cm³/mol. The van der Waals surface area contributed by atoms with Crippen molar-refractivity contribution in [3.63, 3.8) is 0 Å². The molecule has 138 valence electrons. The number of carbonyl (C=O) groups excluding carboxylic acids is 1. The van der Waals surface area contributed by atoms with E-state index in [1.807, 2.05) is 0 Å². The van der Waals surface area contributed by atoms with Crippen molar-refractivity contribution in [3.05, 3.63) is 28.3 Å². The number of benzene rings is 1. The van der Waals surface area contributed by atoms with Gasteiger partial charge in [0, 0.05) is 11.1 Å². The van der Waals surface area contributed by atoms with E-state index in [2.05, 4.69) is 9.46 Å². The Morgan fingerprint density at radius 2 is 1.84 bits per heavy atom. The molecule has 0 saturated heterocycles. The van der Waals surface area contributed by atoms with Crippen LogP contribution in [0.5, 0.6) is 0 Å². The first-order chi connectivity index (χ1) is 11.7. The lowest BCUT2D eigenvalue weighted by Crippen LogP contribution is -2.39. The third kappa shape index (κ3) is 4.50. The van der Waals surface area contributed by atoms with E-state index in [1.54, 1.807) is 6.92 Å². The fourth-order valence-electron chi connectivity index (χ4n) is 2.91. The molecule has 25 heavy (non-hydrogen) atoms. The molecule has 2 rings (SSSR count). The van der Waals surface area contributed by atoms with Gasteiger partial charge in [-0.25, -0.2) is 17.9 Å². The molecule has 0 radical (unpaired) electrons. The van der Waals surface area contributed by atoms with E-state index in [-0.39, 0.29) is 21.5 Å². The van der Waals surface area contributed by atoms with Gasteiger partial charge in [-0.3, -0.25) is 4.79 Å². The lowest BCUT2D eigenvalue weighted by molar-refractivity contribution is -0.142. The van der Waals surface area contributed by atoms with Gasteiger partial charge in [-0.2, -0.15) is 0 Å². The average Bonchev–Trinajstić information content (AvgIpc) is 2.56. The van der Waals surface area contributed by atoms with Crippen molar-refractivity contribution in [1.82, 2.24) is 4.72 Å². The van der Waals surface area contributed by atoms with Gasteiger partial charge < -0.3 is 9.84 Å². The Morgan fingerprint density at radius 1 is 1.24 bits per heavy atom. The molecule has 2 N–H and O–H groups in total. The molecule has 0 aromatic heterocycles. The summed E-state index contributed by atoms with van der Waals surface area (Å²) in [6, 6.07) is 2.25. The van der Waals surface area contributed by atoms with Gasteiger partial charge in [0.2, 0.25) is 10.0 Å².